The lowest BCUT2D eigenvalue weighted by Gasteiger charge is -2.35. The Morgan fingerprint density at radius 1 is 1.50 bits per heavy atom. The second kappa shape index (κ2) is 2.86. The highest BCUT2D eigenvalue weighted by atomic mass is 16.7. The van der Waals surface area contributed by atoms with Gasteiger partial charge in [0.05, 0.1) is 19.3 Å². The van der Waals surface area contributed by atoms with Crippen molar-refractivity contribution in [3.8, 4) is 0 Å². The Morgan fingerprint density at radius 3 is 2.40 bits per heavy atom. The van der Waals surface area contributed by atoms with Crippen LogP contribution in [-0.2, 0) is 9.47 Å². The van der Waals surface area contributed by atoms with E-state index in [1.165, 1.54) is 0 Å². The minimum Gasteiger partial charge on any atom is -0.349 e. The first-order valence-corrected chi connectivity index (χ1v) is 3.70. The van der Waals surface area contributed by atoms with Crippen LogP contribution in [0.1, 0.15) is 20.3 Å². The second-order valence-electron chi connectivity index (χ2n) is 2.87. The van der Waals surface area contributed by atoms with Crippen LogP contribution in [0.4, 0.5) is 0 Å². The smallest absolute Gasteiger partial charge is 0.165 e. The van der Waals surface area contributed by atoms with Crippen molar-refractivity contribution < 1.29 is 9.47 Å². The van der Waals surface area contributed by atoms with Crippen molar-refractivity contribution in [2.24, 2.45) is 5.73 Å². The van der Waals surface area contributed by atoms with Crippen molar-refractivity contribution in [3.63, 3.8) is 0 Å². The first-order valence-electron chi connectivity index (χ1n) is 3.70. The van der Waals surface area contributed by atoms with Crippen molar-refractivity contribution in [3.05, 3.63) is 0 Å². The predicted molar refractivity (Wildman–Crippen MR) is 38.6 cm³/mol. The molecular weight excluding hydrogens is 130 g/mol. The van der Waals surface area contributed by atoms with Gasteiger partial charge in [-0.25, -0.2) is 0 Å². The maximum Gasteiger partial charge on any atom is 0.165 e. The summed E-state index contributed by atoms with van der Waals surface area (Å²) in [5.41, 5.74) is 5.56. The topological polar surface area (TPSA) is 44.5 Å². The molecule has 3 nitrogen and oxygen atoms in total. The van der Waals surface area contributed by atoms with E-state index in [-0.39, 0.29) is 11.8 Å². The summed E-state index contributed by atoms with van der Waals surface area (Å²) in [7, 11) is 0. The molecule has 1 saturated heterocycles. The largest absolute Gasteiger partial charge is 0.349 e. The van der Waals surface area contributed by atoms with Crippen molar-refractivity contribution in [2.75, 3.05) is 13.2 Å². The van der Waals surface area contributed by atoms with E-state index in [0.29, 0.717) is 13.2 Å². The zero-order valence-electron chi connectivity index (χ0n) is 6.59. The molecule has 0 unspecified atom stereocenters. The molecule has 0 atom stereocenters. The SMILES string of the molecule is CCC1(C)OCC(N)CO1. The molecule has 0 amide bonds. The molecule has 0 aromatic carbocycles. The van der Waals surface area contributed by atoms with Crippen LogP contribution in [-0.4, -0.2) is 25.0 Å². The van der Waals surface area contributed by atoms with Gasteiger partial charge in [-0.15, -0.1) is 0 Å². The van der Waals surface area contributed by atoms with Crippen LogP contribution in [0.5, 0.6) is 0 Å². The van der Waals surface area contributed by atoms with E-state index < -0.39 is 0 Å². The zero-order valence-corrected chi connectivity index (χ0v) is 6.59. The Kier molecular flexibility index (Phi) is 2.28. The molecule has 60 valence electrons. The Labute approximate surface area is 61.5 Å². The van der Waals surface area contributed by atoms with Crippen LogP contribution in [0, 0.1) is 0 Å². The van der Waals surface area contributed by atoms with Crippen LogP contribution in [0.2, 0.25) is 0 Å². The van der Waals surface area contributed by atoms with Crippen molar-refractivity contribution >= 4 is 0 Å². The first kappa shape index (κ1) is 7.98. The van der Waals surface area contributed by atoms with Gasteiger partial charge in [-0.3, -0.25) is 0 Å². The van der Waals surface area contributed by atoms with Crippen LogP contribution < -0.4 is 5.73 Å². The average Bonchev–Trinajstić information content (AvgIpc) is 1.96. The third kappa shape index (κ3) is 1.68. The molecule has 0 aliphatic carbocycles. The lowest BCUT2D eigenvalue weighted by Crippen LogP contribution is -2.47. The molecule has 0 saturated carbocycles. The van der Waals surface area contributed by atoms with Crippen LogP contribution in [0.25, 0.3) is 0 Å². The Hall–Kier alpha value is -0.120. The summed E-state index contributed by atoms with van der Waals surface area (Å²) < 4.78 is 10.8. The normalized spacial score (nSPS) is 41.7. The monoisotopic (exact) mass is 145 g/mol. The third-order valence-electron chi connectivity index (χ3n) is 1.85. The molecule has 1 rings (SSSR count). The summed E-state index contributed by atoms with van der Waals surface area (Å²) >= 11 is 0. The molecule has 2 N–H and O–H groups in total. The van der Waals surface area contributed by atoms with E-state index in [0.717, 1.165) is 6.42 Å². The minimum absolute atomic E-state index is 0.0552. The highest BCUT2D eigenvalue weighted by Gasteiger charge is 2.29. The highest BCUT2D eigenvalue weighted by Crippen LogP contribution is 2.20. The van der Waals surface area contributed by atoms with Gasteiger partial charge < -0.3 is 15.2 Å². The van der Waals surface area contributed by atoms with Gasteiger partial charge >= 0.3 is 0 Å². The van der Waals surface area contributed by atoms with Gasteiger partial charge in [0.2, 0.25) is 0 Å². The molecule has 1 aliphatic rings. The van der Waals surface area contributed by atoms with Crippen molar-refractivity contribution in [1.29, 1.82) is 0 Å². The molecule has 10 heavy (non-hydrogen) atoms. The summed E-state index contributed by atoms with van der Waals surface area (Å²) in [6.07, 6.45) is 0.875. The maximum absolute atomic E-state index is 5.56. The number of ether oxygens (including phenoxy) is 2. The first-order chi connectivity index (χ1) is 4.66. The zero-order chi connectivity index (χ0) is 7.61. The molecule has 0 bridgehead atoms. The molecule has 3 heteroatoms. The fourth-order valence-electron chi connectivity index (χ4n) is 0.861. The molecule has 0 radical (unpaired) electrons. The summed E-state index contributed by atoms with van der Waals surface area (Å²) in [4.78, 5) is 0. The summed E-state index contributed by atoms with van der Waals surface area (Å²) in [5, 5.41) is 0. The molecule has 1 heterocycles. The molecular formula is C7H15NO2. The van der Waals surface area contributed by atoms with Gasteiger partial charge in [0, 0.05) is 0 Å². The van der Waals surface area contributed by atoms with Crippen LogP contribution >= 0.6 is 0 Å². The quantitative estimate of drug-likeness (QED) is 0.584. The van der Waals surface area contributed by atoms with E-state index in [4.69, 9.17) is 15.2 Å². The fourth-order valence-corrected chi connectivity index (χ4v) is 0.861. The number of hydrogen-bond acceptors (Lipinski definition) is 3. The van der Waals surface area contributed by atoms with Gasteiger partial charge in [0.15, 0.2) is 5.79 Å². The Morgan fingerprint density at radius 2 is 2.00 bits per heavy atom. The van der Waals surface area contributed by atoms with E-state index in [2.05, 4.69) is 0 Å². The Balaban J connectivity index is 2.38. The van der Waals surface area contributed by atoms with Crippen LogP contribution in [0.3, 0.4) is 0 Å². The van der Waals surface area contributed by atoms with Gasteiger partial charge in [-0.1, -0.05) is 6.92 Å². The lowest BCUT2D eigenvalue weighted by atomic mass is 10.2. The number of nitrogens with two attached hydrogens (primary N) is 1. The summed E-state index contributed by atoms with van der Waals surface area (Å²) in [6, 6.07) is 0.0552. The number of hydrogen-bond donors (Lipinski definition) is 1. The van der Waals surface area contributed by atoms with Gasteiger partial charge in [-0.05, 0) is 13.3 Å². The lowest BCUT2D eigenvalue weighted by molar-refractivity contribution is -0.261. The Bertz CT molecular complexity index is 108. The van der Waals surface area contributed by atoms with Crippen molar-refractivity contribution in [2.45, 2.75) is 32.1 Å². The molecule has 0 aromatic heterocycles. The van der Waals surface area contributed by atoms with Gasteiger partial charge in [0.1, 0.15) is 0 Å². The highest BCUT2D eigenvalue weighted by molar-refractivity contribution is 4.71. The fraction of sp³-hybridized carbons (Fsp3) is 1.00. The molecule has 1 aliphatic heterocycles. The second-order valence-corrected chi connectivity index (χ2v) is 2.87. The maximum atomic E-state index is 5.56. The molecule has 0 spiro atoms. The standard InChI is InChI=1S/C7H15NO2/c1-3-7(2)9-4-6(8)5-10-7/h6H,3-5,8H2,1-2H3. The molecule has 0 aromatic rings. The van der Waals surface area contributed by atoms with Gasteiger partial charge in [-0.2, -0.15) is 0 Å². The summed E-state index contributed by atoms with van der Waals surface area (Å²) in [5.74, 6) is -0.379. The third-order valence-corrected chi connectivity index (χ3v) is 1.85. The van der Waals surface area contributed by atoms with E-state index in [9.17, 15) is 0 Å². The van der Waals surface area contributed by atoms with E-state index >= 15 is 0 Å². The number of rotatable bonds is 1. The average molecular weight is 145 g/mol. The van der Waals surface area contributed by atoms with Gasteiger partial charge in [0.25, 0.3) is 0 Å². The minimum atomic E-state index is -0.379. The van der Waals surface area contributed by atoms with E-state index in [1.807, 2.05) is 13.8 Å². The van der Waals surface area contributed by atoms with E-state index in [1.54, 1.807) is 0 Å². The van der Waals surface area contributed by atoms with Crippen molar-refractivity contribution in [1.82, 2.24) is 0 Å². The van der Waals surface area contributed by atoms with Crippen LogP contribution in [0.15, 0.2) is 0 Å². The summed E-state index contributed by atoms with van der Waals surface area (Å²) in [6.45, 7) is 5.21. The molecule has 1 fully saturated rings. The predicted octanol–water partition coefficient (Wildman–Crippen LogP) is 0.487.